The van der Waals surface area contributed by atoms with E-state index in [0.717, 1.165) is 4.47 Å². The SMILES string of the molecule is CCOC(=O)C(C)(C)C(O)c1ncc(Br)cc1Br. The van der Waals surface area contributed by atoms with Crippen molar-refractivity contribution in [2.45, 2.75) is 26.9 Å². The number of esters is 1. The summed E-state index contributed by atoms with van der Waals surface area (Å²) in [5, 5.41) is 10.3. The van der Waals surface area contributed by atoms with E-state index in [9.17, 15) is 9.90 Å². The number of rotatable bonds is 4. The third-order valence-electron chi connectivity index (χ3n) is 2.58. The Morgan fingerprint density at radius 2 is 2.17 bits per heavy atom. The molecule has 0 radical (unpaired) electrons. The average molecular weight is 381 g/mol. The van der Waals surface area contributed by atoms with E-state index >= 15 is 0 Å². The van der Waals surface area contributed by atoms with Crippen LogP contribution in [0, 0.1) is 5.41 Å². The first-order valence-corrected chi connectivity index (χ1v) is 7.05. The molecule has 1 aromatic heterocycles. The summed E-state index contributed by atoms with van der Waals surface area (Å²) in [5.41, 5.74) is -0.643. The maximum absolute atomic E-state index is 11.8. The second-order valence-corrected chi connectivity index (χ2v) is 6.14. The zero-order valence-electron chi connectivity index (χ0n) is 10.4. The number of aliphatic hydroxyl groups is 1. The number of pyridine rings is 1. The van der Waals surface area contributed by atoms with Crippen molar-refractivity contribution in [1.29, 1.82) is 0 Å². The van der Waals surface area contributed by atoms with Gasteiger partial charge in [0.2, 0.25) is 0 Å². The van der Waals surface area contributed by atoms with Gasteiger partial charge in [0.25, 0.3) is 0 Å². The number of aromatic nitrogens is 1. The van der Waals surface area contributed by atoms with Crippen LogP contribution >= 0.6 is 31.9 Å². The molecule has 0 aliphatic rings. The third-order valence-corrected chi connectivity index (χ3v) is 3.65. The Hall–Kier alpha value is -0.460. The van der Waals surface area contributed by atoms with Crippen molar-refractivity contribution in [2.75, 3.05) is 6.61 Å². The Morgan fingerprint density at radius 1 is 1.56 bits per heavy atom. The molecular weight excluding hydrogens is 366 g/mol. The molecular formula is C12H15Br2NO3. The van der Waals surface area contributed by atoms with Gasteiger partial charge in [-0.05, 0) is 58.7 Å². The molecule has 1 N–H and O–H groups in total. The van der Waals surface area contributed by atoms with E-state index in [1.54, 1.807) is 33.0 Å². The van der Waals surface area contributed by atoms with Crippen LogP contribution in [-0.4, -0.2) is 22.7 Å². The summed E-state index contributed by atoms with van der Waals surface area (Å²) in [6.07, 6.45) is 0.531. The molecule has 1 rings (SSSR count). The summed E-state index contributed by atoms with van der Waals surface area (Å²) in [5.74, 6) is -0.450. The summed E-state index contributed by atoms with van der Waals surface area (Å²) < 4.78 is 6.39. The van der Waals surface area contributed by atoms with E-state index in [-0.39, 0.29) is 6.61 Å². The van der Waals surface area contributed by atoms with Crippen molar-refractivity contribution in [3.63, 3.8) is 0 Å². The average Bonchev–Trinajstić information content (AvgIpc) is 2.28. The Kier molecular flexibility index (Phi) is 5.31. The minimum Gasteiger partial charge on any atom is -0.465 e. The molecule has 18 heavy (non-hydrogen) atoms. The molecule has 0 aromatic carbocycles. The van der Waals surface area contributed by atoms with Crippen molar-refractivity contribution in [1.82, 2.24) is 4.98 Å². The molecule has 0 aliphatic heterocycles. The van der Waals surface area contributed by atoms with Crippen molar-refractivity contribution >= 4 is 37.8 Å². The van der Waals surface area contributed by atoms with Crippen molar-refractivity contribution in [3.8, 4) is 0 Å². The van der Waals surface area contributed by atoms with Gasteiger partial charge in [-0.15, -0.1) is 0 Å². The highest BCUT2D eigenvalue weighted by Crippen LogP contribution is 2.37. The molecule has 1 aromatic rings. The van der Waals surface area contributed by atoms with Crippen molar-refractivity contribution < 1.29 is 14.6 Å². The van der Waals surface area contributed by atoms with Gasteiger partial charge in [0.05, 0.1) is 17.7 Å². The van der Waals surface area contributed by atoms with Gasteiger partial charge in [0.1, 0.15) is 6.10 Å². The van der Waals surface area contributed by atoms with E-state index in [1.165, 1.54) is 0 Å². The second kappa shape index (κ2) is 6.12. The Bertz CT molecular complexity index is 449. The van der Waals surface area contributed by atoms with Crippen molar-refractivity contribution in [3.05, 3.63) is 26.9 Å². The predicted molar refractivity (Wildman–Crippen MR) is 75.0 cm³/mol. The third kappa shape index (κ3) is 3.30. The highest BCUT2D eigenvalue weighted by molar-refractivity contribution is 9.11. The lowest BCUT2D eigenvalue weighted by Gasteiger charge is -2.28. The number of hydrogen-bond donors (Lipinski definition) is 1. The van der Waals surface area contributed by atoms with Crippen LogP contribution in [-0.2, 0) is 9.53 Å². The number of carbonyl (C=O) groups is 1. The molecule has 6 heteroatoms. The maximum atomic E-state index is 11.8. The Balaban J connectivity index is 3.05. The van der Waals surface area contributed by atoms with Gasteiger partial charge in [-0.3, -0.25) is 9.78 Å². The van der Waals surface area contributed by atoms with Crippen molar-refractivity contribution in [2.24, 2.45) is 5.41 Å². The molecule has 0 aliphatic carbocycles. The van der Waals surface area contributed by atoms with Gasteiger partial charge in [-0.2, -0.15) is 0 Å². The minimum atomic E-state index is -1.06. The first-order chi connectivity index (χ1) is 8.30. The molecule has 1 unspecified atom stereocenters. The van der Waals surface area contributed by atoms with Crippen LogP contribution in [0.15, 0.2) is 21.2 Å². The Morgan fingerprint density at radius 3 is 2.67 bits per heavy atom. The Labute approximate surface area is 123 Å². The standard InChI is InChI=1S/C12H15Br2NO3/c1-4-18-11(17)12(2,3)10(16)9-8(14)5-7(13)6-15-9/h5-6,10,16H,4H2,1-3H3. The van der Waals surface area contributed by atoms with E-state index in [4.69, 9.17) is 4.74 Å². The number of ether oxygens (including phenoxy) is 1. The fourth-order valence-corrected chi connectivity index (χ4v) is 2.60. The summed E-state index contributed by atoms with van der Waals surface area (Å²) in [4.78, 5) is 16.0. The second-order valence-electron chi connectivity index (χ2n) is 4.37. The van der Waals surface area contributed by atoms with Crippen LogP contribution in [0.1, 0.15) is 32.6 Å². The van der Waals surface area contributed by atoms with E-state index in [1.807, 2.05) is 0 Å². The van der Waals surface area contributed by atoms with Gasteiger partial charge >= 0.3 is 5.97 Å². The van der Waals surface area contributed by atoms with Crippen LogP contribution in [0.5, 0.6) is 0 Å². The summed E-state index contributed by atoms with van der Waals surface area (Å²) >= 11 is 6.61. The van der Waals surface area contributed by atoms with Gasteiger partial charge in [0.15, 0.2) is 0 Å². The van der Waals surface area contributed by atoms with Gasteiger partial charge in [-0.25, -0.2) is 0 Å². The van der Waals surface area contributed by atoms with Crippen LogP contribution in [0.2, 0.25) is 0 Å². The molecule has 0 saturated carbocycles. The summed E-state index contributed by atoms with van der Waals surface area (Å²) in [6.45, 7) is 5.27. The van der Waals surface area contributed by atoms with Gasteiger partial charge < -0.3 is 9.84 Å². The fraction of sp³-hybridized carbons (Fsp3) is 0.500. The van der Waals surface area contributed by atoms with Gasteiger partial charge in [0, 0.05) is 15.1 Å². The van der Waals surface area contributed by atoms with E-state index in [2.05, 4.69) is 36.8 Å². The minimum absolute atomic E-state index is 0.282. The number of aliphatic hydroxyl groups excluding tert-OH is 1. The summed E-state index contributed by atoms with van der Waals surface area (Å²) in [6, 6.07) is 1.77. The quantitative estimate of drug-likeness (QED) is 0.814. The lowest BCUT2D eigenvalue weighted by Crippen LogP contribution is -2.34. The normalized spacial score (nSPS) is 13.2. The lowest BCUT2D eigenvalue weighted by molar-refractivity contribution is -0.160. The number of carbonyl (C=O) groups excluding carboxylic acids is 1. The molecule has 0 amide bonds. The molecule has 0 spiro atoms. The molecule has 100 valence electrons. The van der Waals surface area contributed by atoms with Crippen LogP contribution in [0.25, 0.3) is 0 Å². The zero-order chi connectivity index (χ0) is 13.9. The number of nitrogens with zero attached hydrogens (tertiary/aromatic N) is 1. The smallest absolute Gasteiger partial charge is 0.314 e. The monoisotopic (exact) mass is 379 g/mol. The highest BCUT2D eigenvalue weighted by atomic mass is 79.9. The lowest BCUT2D eigenvalue weighted by atomic mass is 9.84. The number of hydrogen-bond acceptors (Lipinski definition) is 4. The molecule has 0 bridgehead atoms. The first kappa shape index (κ1) is 15.6. The molecule has 4 nitrogen and oxygen atoms in total. The van der Waals surface area contributed by atoms with Gasteiger partial charge in [-0.1, -0.05) is 0 Å². The largest absolute Gasteiger partial charge is 0.465 e. The first-order valence-electron chi connectivity index (χ1n) is 5.47. The topological polar surface area (TPSA) is 59.4 Å². The fourth-order valence-electron chi connectivity index (χ4n) is 1.40. The van der Waals surface area contributed by atoms with E-state index in [0.29, 0.717) is 10.2 Å². The predicted octanol–water partition coefficient (Wildman–Crippen LogP) is 3.23. The van der Waals surface area contributed by atoms with Crippen LogP contribution in [0.3, 0.4) is 0 Å². The number of halogens is 2. The molecule has 1 atom stereocenters. The summed E-state index contributed by atoms with van der Waals surface area (Å²) in [7, 11) is 0. The van der Waals surface area contributed by atoms with Crippen LogP contribution < -0.4 is 0 Å². The maximum Gasteiger partial charge on any atom is 0.314 e. The van der Waals surface area contributed by atoms with Crippen LogP contribution in [0.4, 0.5) is 0 Å². The highest BCUT2D eigenvalue weighted by Gasteiger charge is 2.39. The zero-order valence-corrected chi connectivity index (χ0v) is 13.6. The molecule has 0 fully saturated rings. The molecule has 1 heterocycles. The van der Waals surface area contributed by atoms with E-state index < -0.39 is 17.5 Å². The molecule has 0 saturated heterocycles.